The number of hydrogen-bond donors (Lipinski definition) is 1. The van der Waals surface area contributed by atoms with Gasteiger partial charge in [0.05, 0.1) is 12.7 Å². The van der Waals surface area contributed by atoms with E-state index in [9.17, 15) is 0 Å². The summed E-state index contributed by atoms with van der Waals surface area (Å²) >= 11 is 6.02. The second-order valence-electron chi connectivity index (χ2n) is 5.72. The molecular weight excluding hydrogens is 270 g/mol. The maximum absolute atomic E-state index is 6.19. The van der Waals surface area contributed by atoms with Crippen LogP contribution in [0.4, 0.5) is 0 Å². The van der Waals surface area contributed by atoms with Gasteiger partial charge in [0.2, 0.25) is 0 Å². The smallest absolute Gasteiger partial charge is 0.0721 e. The first-order valence-corrected chi connectivity index (χ1v) is 8.13. The van der Waals surface area contributed by atoms with Crippen LogP contribution in [0.1, 0.15) is 45.6 Å². The fourth-order valence-corrected chi connectivity index (χ4v) is 3.75. The monoisotopic (exact) mass is 295 g/mol. The zero-order chi connectivity index (χ0) is 14.6. The Morgan fingerprint density at radius 1 is 1.30 bits per heavy atom. The Balaban J connectivity index is 1.96. The van der Waals surface area contributed by atoms with Crippen LogP contribution in [-0.2, 0) is 11.3 Å². The van der Waals surface area contributed by atoms with Crippen molar-refractivity contribution in [3.63, 3.8) is 0 Å². The highest BCUT2D eigenvalue weighted by Crippen LogP contribution is 2.49. The summed E-state index contributed by atoms with van der Waals surface area (Å²) in [5.74, 6) is 0. The lowest BCUT2D eigenvalue weighted by Crippen LogP contribution is -2.63. The standard InChI is InChI=1S/C17H26ClNO/c1-4-17(5-2)15(19-6-3)11-16(17)20-12-13-8-7-9-14(18)10-13/h7-10,15-16,19H,4-6,11-12H2,1-3H3. The van der Waals surface area contributed by atoms with Gasteiger partial charge < -0.3 is 10.1 Å². The van der Waals surface area contributed by atoms with Crippen LogP contribution in [0.5, 0.6) is 0 Å². The van der Waals surface area contributed by atoms with Crippen LogP contribution < -0.4 is 5.32 Å². The SMILES string of the molecule is CCNC1CC(OCc2cccc(Cl)c2)C1(CC)CC. The van der Waals surface area contributed by atoms with Gasteiger partial charge in [-0.15, -0.1) is 0 Å². The first-order valence-electron chi connectivity index (χ1n) is 7.75. The van der Waals surface area contributed by atoms with Crippen LogP contribution in [0, 0.1) is 5.41 Å². The topological polar surface area (TPSA) is 21.3 Å². The molecule has 2 nitrogen and oxygen atoms in total. The molecule has 0 spiro atoms. The second-order valence-corrected chi connectivity index (χ2v) is 6.15. The van der Waals surface area contributed by atoms with E-state index in [1.165, 1.54) is 12.8 Å². The zero-order valence-corrected chi connectivity index (χ0v) is 13.5. The number of ether oxygens (including phenoxy) is 1. The minimum absolute atomic E-state index is 0.300. The van der Waals surface area contributed by atoms with Gasteiger partial charge in [0, 0.05) is 16.5 Å². The van der Waals surface area contributed by atoms with E-state index in [-0.39, 0.29) is 0 Å². The van der Waals surface area contributed by atoms with E-state index in [2.05, 4.69) is 32.2 Å². The molecule has 112 valence electrons. The average molecular weight is 296 g/mol. The van der Waals surface area contributed by atoms with E-state index in [4.69, 9.17) is 16.3 Å². The Labute approximate surface area is 127 Å². The highest BCUT2D eigenvalue weighted by atomic mass is 35.5. The second kappa shape index (κ2) is 6.93. The summed E-state index contributed by atoms with van der Waals surface area (Å²) < 4.78 is 6.19. The van der Waals surface area contributed by atoms with E-state index < -0.39 is 0 Å². The van der Waals surface area contributed by atoms with Crippen LogP contribution in [-0.4, -0.2) is 18.7 Å². The number of halogens is 1. The molecule has 3 heteroatoms. The molecule has 1 saturated carbocycles. The summed E-state index contributed by atoms with van der Waals surface area (Å²) in [7, 11) is 0. The third-order valence-electron chi connectivity index (χ3n) is 4.89. The van der Waals surface area contributed by atoms with Crippen LogP contribution in [0.3, 0.4) is 0 Å². The minimum atomic E-state index is 0.300. The maximum Gasteiger partial charge on any atom is 0.0721 e. The normalized spacial score (nSPS) is 24.4. The van der Waals surface area contributed by atoms with E-state index in [1.807, 2.05) is 18.2 Å². The van der Waals surface area contributed by atoms with Gasteiger partial charge in [-0.05, 0) is 43.5 Å². The van der Waals surface area contributed by atoms with Crippen LogP contribution >= 0.6 is 11.6 Å². The van der Waals surface area contributed by atoms with E-state index in [1.54, 1.807) is 0 Å². The molecule has 2 rings (SSSR count). The summed E-state index contributed by atoms with van der Waals surface area (Å²) in [6, 6.07) is 8.55. The lowest BCUT2D eigenvalue weighted by molar-refractivity contribution is -0.146. The third kappa shape index (κ3) is 3.03. The largest absolute Gasteiger partial charge is 0.373 e. The molecule has 0 radical (unpaired) electrons. The van der Waals surface area contributed by atoms with Crippen LogP contribution in [0.15, 0.2) is 24.3 Å². The Hall–Kier alpha value is -0.570. The Morgan fingerprint density at radius 2 is 2.05 bits per heavy atom. The van der Waals surface area contributed by atoms with Crippen molar-refractivity contribution >= 4 is 11.6 Å². The van der Waals surface area contributed by atoms with E-state index in [0.717, 1.165) is 23.6 Å². The summed E-state index contributed by atoms with van der Waals surface area (Å²) in [4.78, 5) is 0. The van der Waals surface area contributed by atoms with E-state index in [0.29, 0.717) is 24.2 Å². The number of nitrogens with one attached hydrogen (secondary N) is 1. The van der Waals surface area contributed by atoms with Gasteiger partial charge in [0.25, 0.3) is 0 Å². The van der Waals surface area contributed by atoms with Crippen molar-refractivity contribution < 1.29 is 4.74 Å². The van der Waals surface area contributed by atoms with Crippen LogP contribution in [0.2, 0.25) is 5.02 Å². The summed E-state index contributed by atoms with van der Waals surface area (Å²) in [6.07, 6.45) is 3.82. The fraction of sp³-hybridized carbons (Fsp3) is 0.647. The Morgan fingerprint density at radius 3 is 2.65 bits per heavy atom. The highest BCUT2D eigenvalue weighted by Gasteiger charge is 2.52. The third-order valence-corrected chi connectivity index (χ3v) is 5.13. The van der Waals surface area contributed by atoms with Gasteiger partial charge >= 0.3 is 0 Å². The van der Waals surface area contributed by atoms with Crippen molar-refractivity contribution in [2.45, 2.75) is 58.8 Å². The molecule has 0 heterocycles. The van der Waals surface area contributed by atoms with Crippen molar-refractivity contribution in [1.29, 1.82) is 0 Å². The van der Waals surface area contributed by atoms with Gasteiger partial charge in [-0.1, -0.05) is 44.5 Å². The summed E-state index contributed by atoms with van der Waals surface area (Å²) in [5.41, 5.74) is 1.46. The molecule has 1 aromatic rings. The fourth-order valence-electron chi connectivity index (χ4n) is 3.54. The number of rotatable bonds is 7. The molecule has 0 aromatic heterocycles. The van der Waals surface area contributed by atoms with Crippen LogP contribution in [0.25, 0.3) is 0 Å². The molecule has 1 aliphatic carbocycles. The summed E-state index contributed by atoms with van der Waals surface area (Å²) in [6.45, 7) is 8.43. The molecule has 0 amide bonds. The molecule has 0 saturated heterocycles. The van der Waals surface area contributed by atoms with Gasteiger partial charge in [0.1, 0.15) is 0 Å². The van der Waals surface area contributed by atoms with Gasteiger partial charge in [-0.3, -0.25) is 0 Å². The minimum Gasteiger partial charge on any atom is -0.373 e. The van der Waals surface area contributed by atoms with Crippen molar-refractivity contribution in [3.8, 4) is 0 Å². The molecule has 2 atom stereocenters. The molecule has 0 aliphatic heterocycles. The molecule has 20 heavy (non-hydrogen) atoms. The van der Waals surface area contributed by atoms with Gasteiger partial charge in [0.15, 0.2) is 0 Å². The molecular formula is C17H26ClNO. The number of benzene rings is 1. The first kappa shape index (κ1) is 15.8. The van der Waals surface area contributed by atoms with Crippen molar-refractivity contribution in [3.05, 3.63) is 34.9 Å². The first-order chi connectivity index (χ1) is 9.66. The van der Waals surface area contributed by atoms with Crippen molar-refractivity contribution in [2.75, 3.05) is 6.54 Å². The zero-order valence-electron chi connectivity index (χ0n) is 12.8. The molecule has 1 fully saturated rings. The van der Waals surface area contributed by atoms with Crippen molar-refractivity contribution in [1.82, 2.24) is 5.32 Å². The van der Waals surface area contributed by atoms with Crippen molar-refractivity contribution in [2.24, 2.45) is 5.41 Å². The maximum atomic E-state index is 6.19. The molecule has 0 bridgehead atoms. The Bertz CT molecular complexity index is 431. The van der Waals surface area contributed by atoms with Gasteiger partial charge in [-0.2, -0.15) is 0 Å². The van der Waals surface area contributed by atoms with E-state index >= 15 is 0 Å². The predicted octanol–water partition coefficient (Wildman–Crippen LogP) is 4.41. The molecule has 2 unspecified atom stereocenters. The highest BCUT2D eigenvalue weighted by molar-refractivity contribution is 6.30. The average Bonchev–Trinajstić information content (AvgIpc) is 2.43. The van der Waals surface area contributed by atoms with Gasteiger partial charge in [-0.25, -0.2) is 0 Å². The summed E-state index contributed by atoms with van der Waals surface area (Å²) in [5, 5.41) is 4.39. The lowest BCUT2D eigenvalue weighted by Gasteiger charge is -2.55. The molecule has 1 aliphatic rings. The molecule has 1 aromatic carbocycles. The molecule has 1 N–H and O–H groups in total. The number of hydrogen-bond acceptors (Lipinski definition) is 2. The Kier molecular flexibility index (Phi) is 5.48. The predicted molar refractivity (Wildman–Crippen MR) is 85.1 cm³/mol. The lowest BCUT2D eigenvalue weighted by atomic mass is 9.58. The quantitative estimate of drug-likeness (QED) is 0.804.